The number of aliphatic carboxylic acids is 1. The number of benzene rings is 1. The molecule has 1 aromatic carbocycles. The highest BCUT2D eigenvalue weighted by molar-refractivity contribution is 8.76. The van der Waals surface area contributed by atoms with Crippen molar-refractivity contribution in [3.05, 3.63) is 40.8 Å². The number of hydrogen-bond acceptors (Lipinski definition) is 27. The second kappa shape index (κ2) is 58.2. The summed E-state index contributed by atoms with van der Waals surface area (Å²) in [5.74, 6) is -13.3. The molecule has 3 unspecified atom stereocenters. The maximum Gasteiger partial charge on any atom is 0.305 e. The monoisotopic (exact) mass is 1670 g/mol. The molecule has 114 heavy (non-hydrogen) atoms. The number of halogens is 1. The molecule has 44 heteroatoms. The summed E-state index contributed by atoms with van der Waals surface area (Å²) in [4.78, 5) is 205. The molecule has 40 nitrogen and oxygen atoms in total. The Bertz CT molecular complexity index is 3230. The van der Waals surface area contributed by atoms with E-state index in [0.717, 1.165) is 33.3 Å². The van der Waals surface area contributed by atoms with E-state index in [1.54, 1.807) is 37.3 Å². The van der Waals surface area contributed by atoms with Crippen LogP contribution in [0.5, 0.6) is 0 Å². The zero-order valence-corrected chi connectivity index (χ0v) is 67.2. The Morgan fingerprint density at radius 1 is 0.605 bits per heavy atom. The van der Waals surface area contributed by atoms with E-state index in [-0.39, 0.29) is 178 Å². The Morgan fingerprint density at radius 2 is 1.17 bits per heavy atom. The third-order valence-corrected chi connectivity index (χ3v) is 20.9. The molecule has 22 N–H and O–H groups in total. The molecule has 2 fully saturated rings. The van der Waals surface area contributed by atoms with Gasteiger partial charge in [0.15, 0.2) is 5.96 Å². The first-order valence-electron chi connectivity index (χ1n) is 37.7. The fourth-order valence-electron chi connectivity index (χ4n) is 10.8. The number of nitrogens with one attached hydrogen (secondary N) is 14. The number of amides is 13. The molecule has 0 aliphatic carbocycles. The van der Waals surface area contributed by atoms with Crippen molar-refractivity contribution in [2.24, 2.45) is 33.3 Å². The molecule has 0 saturated carbocycles. The Labute approximate surface area is 673 Å². The number of carbonyl (C=O) groups is 14. The predicted molar refractivity (Wildman–Crippen MR) is 423 cm³/mol. The van der Waals surface area contributed by atoms with E-state index in [1.807, 2.05) is 13.8 Å². The number of aliphatic hydroxyl groups excluding tert-OH is 1. The van der Waals surface area contributed by atoms with Gasteiger partial charge in [-0.2, -0.15) is 4.91 Å². The summed E-state index contributed by atoms with van der Waals surface area (Å²) >= 11 is 0.875. The number of fused-ring (bicyclic) bond motifs is 5. The number of thioether (sulfide) groups is 1. The largest absolute Gasteiger partial charge is 0.481 e. The van der Waals surface area contributed by atoms with Crippen LogP contribution in [-0.4, -0.2) is 300 Å². The number of guanidine groups is 1. The van der Waals surface area contributed by atoms with Gasteiger partial charge in [0.25, 0.3) is 0 Å². The van der Waals surface area contributed by atoms with Gasteiger partial charge in [-0.3, -0.25) is 72.1 Å². The lowest BCUT2D eigenvalue weighted by Gasteiger charge is -2.29. The molecule has 0 aromatic heterocycles. The van der Waals surface area contributed by atoms with E-state index in [0.29, 0.717) is 44.5 Å². The SMILES string of the molecule is CC(N=O)C(C)(C)NCCC(CCNCC(O)C[18F])CCNC(=O)CCCC(=O)NCCCC[C@@H]1NC(=O)CSC[C@@H](C(=O)NCCOCCOCCOCCNC(=O)COCC(N)=O)NC(=O)[C@H](Cc2ccccc2)NC(=O)[C@@H]2CSSC[C@H](NC1=O)C(=O)N[C@@H](CCCN=C(N)N)C(=O)NCC(=O)N[C@@H](CC(=O)O)C(=O)N2. The lowest BCUT2D eigenvalue weighted by atomic mass is 9.94. The maximum atomic E-state index is 14.7. The fraction of sp³-hybridized carbons (Fsp3) is 0.700. The van der Waals surface area contributed by atoms with Gasteiger partial charge in [0.05, 0.1) is 64.5 Å². The number of carboxylic acid groups (broad SMARTS) is 1. The van der Waals surface area contributed by atoms with Crippen LogP contribution >= 0.6 is 33.3 Å². The molecular weight excluding hydrogens is 1560 g/mol. The van der Waals surface area contributed by atoms with Crippen LogP contribution in [0, 0.1) is 10.8 Å². The molecule has 13 amide bonds. The van der Waals surface area contributed by atoms with Gasteiger partial charge < -0.3 is 121 Å². The number of carbonyl (C=O) groups excluding carboxylic acids is 13. The smallest absolute Gasteiger partial charge is 0.305 e. The topological polar surface area (TPSA) is 605 Å². The second-order valence-corrected chi connectivity index (χ2v) is 30.8. The number of rotatable bonds is 49. The average Bonchev–Trinajstić information content (AvgIpc) is 1.09. The van der Waals surface area contributed by atoms with Crippen molar-refractivity contribution in [3.63, 3.8) is 0 Å². The molecule has 10 atom stereocenters. The highest BCUT2D eigenvalue weighted by Gasteiger charge is 2.36. The molecule has 3 rings (SSSR count). The molecule has 2 saturated heterocycles. The third kappa shape index (κ3) is 45.5. The molecular formula is C70H116FN19O21S3. The van der Waals surface area contributed by atoms with Crippen LogP contribution in [-0.2, 0) is 92.5 Å². The summed E-state index contributed by atoms with van der Waals surface area (Å²) in [6, 6.07) is -2.91. The summed E-state index contributed by atoms with van der Waals surface area (Å²) in [6.07, 6.45) is 0.121. The van der Waals surface area contributed by atoms with Crippen LogP contribution < -0.4 is 91.6 Å². The third-order valence-electron chi connectivity index (χ3n) is 17.5. The maximum absolute atomic E-state index is 14.7. The highest BCUT2D eigenvalue weighted by Crippen LogP contribution is 2.25. The van der Waals surface area contributed by atoms with E-state index in [2.05, 4.69) is 84.6 Å². The number of nitrogens with zero attached hydrogens (tertiary/aromatic N) is 2. The molecule has 2 aliphatic rings. The lowest BCUT2D eigenvalue weighted by molar-refractivity contribution is -0.141. The average molecular weight is 1670 g/mol. The summed E-state index contributed by atoms with van der Waals surface area (Å²) < 4.78 is 34.3. The first-order chi connectivity index (χ1) is 54.5. The molecule has 0 radical (unpaired) electrons. The standard InChI is InChI=1S/C70H116FN19O21S3/c1-44(90-107)70(2,3)82-24-19-45(17-22-75-36-47(91)35-71)18-23-77-57(94)16-9-15-56(93)76-20-8-7-13-49-64(102)88-53-41-113-114-42-54(89-66(104)51(34-61(98)99)84-58(95)37-81-62(100)48(85-67(53)105)14-10-21-80-69(73)74)68(106)86-50(33-46-11-5-4-6-12-46)65(103)87-52(40-112-43-60(97)83-49)63(101)79-26-28-109-30-32-110-31-29-108-27-25-78-59(96)39-111-38-55(72)92/h4-6,11-12,44-45,47-54,75,82,91H,7-10,13-43H2,1-3H3,(H2,72,92)(H,76,93)(H,77,94)(H,78,96)(H,79,101)(H,81,100)(H,83,97)(H,84,95)(H,85,105)(H,86,106)(H,87,103)(H,88,102)(H,89,104)(H,98,99)(H4,73,74,80)/t44?,45?,47?,48-,49-,50-,51-,52-,53-,54-/m0/s1/i71-1. The van der Waals surface area contributed by atoms with E-state index < -0.39 is 163 Å². The second-order valence-electron chi connectivity index (χ2n) is 27.2. The number of nitroso groups, excluding NO2 is 1. The molecule has 2 bridgehead atoms. The number of ether oxygens (including phenoxy) is 4. The van der Waals surface area contributed by atoms with Crippen molar-refractivity contribution >= 4 is 122 Å². The first-order valence-corrected chi connectivity index (χ1v) is 41.4. The number of nitrogens with two attached hydrogens (primary N) is 3. The van der Waals surface area contributed by atoms with E-state index >= 15 is 0 Å². The van der Waals surface area contributed by atoms with Crippen LogP contribution in [0.2, 0.25) is 0 Å². The Morgan fingerprint density at radius 3 is 1.79 bits per heavy atom. The van der Waals surface area contributed by atoms with Crippen molar-refractivity contribution in [1.29, 1.82) is 0 Å². The van der Waals surface area contributed by atoms with Crippen LogP contribution in [0.15, 0.2) is 40.5 Å². The summed E-state index contributed by atoms with van der Waals surface area (Å²) in [6.45, 7) is 5.27. The molecule has 2 aliphatic heterocycles. The Hall–Kier alpha value is -8.63. The number of unbranched alkanes of at least 4 members (excludes halogenated alkanes) is 1. The molecule has 2 heterocycles. The summed E-state index contributed by atoms with van der Waals surface area (Å²) in [7, 11) is 1.79. The van der Waals surface area contributed by atoms with Gasteiger partial charge in [-0.25, -0.2) is 4.39 Å². The molecule has 642 valence electrons. The van der Waals surface area contributed by atoms with Gasteiger partial charge in [0.1, 0.15) is 68.2 Å². The number of aliphatic imine (C=N–C) groups is 1. The minimum Gasteiger partial charge on any atom is -0.481 e. The van der Waals surface area contributed by atoms with Crippen molar-refractivity contribution in [2.45, 2.75) is 164 Å². The van der Waals surface area contributed by atoms with Crippen LogP contribution in [0.4, 0.5) is 4.39 Å². The van der Waals surface area contributed by atoms with Crippen LogP contribution in [0.25, 0.3) is 0 Å². The number of aliphatic hydroxyl groups is 1. The van der Waals surface area contributed by atoms with Crippen LogP contribution in [0.3, 0.4) is 0 Å². The van der Waals surface area contributed by atoms with Gasteiger partial charge >= 0.3 is 5.97 Å². The zero-order chi connectivity index (χ0) is 84.1. The minimum atomic E-state index is -1.85. The molecule has 1 aromatic rings. The quantitative estimate of drug-likeness (QED) is 0.00955. The van der Waals surface area contributed by atoms with Gasteiger partial charge in [-0.05, 0) is 103 Å². The van der Waals surface area contributed by atoms with Crippen molar-refractivity contribution in [2.75, 3.05) is 141 Å². The number of hydrogen-bond donors (Lipinski definition) is 19. The molecule has 0 spiro atoms. The van der Waals surface area contributed by atoms with Gasteiger partial charge in [0.2, 0.25) is 76.8 Å². The van der Waals surface area contributed by atoms with E-state index in [9.17, 15) is 86.6 Å². The van der Waals surface area contributed by atoms with Crippen molar-refractivity contribution in [1.82, 2.24) is 74.4 Å². The number of primary amides is 1. The summed E-state index contributed by atoms with van der Waals surface area (Å²) in [5.41, 5.74) is 16.0. The first kappa shape index (κ1) is 99.6. The summed E-state index contributed by atoms with van der Waals surface area (Å²) in [5, 5.41) is 60.5. The normalized spacial score (nSPS) is 20.1. The van der Waals surface area contributed by atoms with Gasteiger partial charge in [-0.15, -0.1) is 11.8 Å². The van der Waals surface area contributed by atoms with Crippen LogP contribution in [0.1, 0.15) is 103 Å². The fourth-order valence-corrected chi connectivity index (χ4v) is 14.0. The minimum absolute atomic E-state index is 0.0110. The van der Waals surface area contributed by atoms with Gasteiger partial charge in [-0.1, -0.05) is 57.1 Å². The Balaban J connectivity index is 1.90. The van der Waals surface area contributed by atoms with E-state index in [1.165, 1.54) is 0 Å². The lowest BCUT2D eigenvalue weighted by Crippen LogP contribution is -2.60. The number of alkyl halides is 1. The van der Waals surface area contributed by atoms with Crippen molar-refractivity contribution < 1.29 is 101 Å². The van der Waals surface area contributed by atoms with Crippen molar-refractivity contribution in [3.8, 4) is 0 Å². The number of carboxylic acids is 1. The van der Waals surface area contributed by atoms with Gasteiger partial charge in [0, 0.05) is 81.3 Å². The van der Waals surface area contributed by atoms with E-state index in [4.69, 9.17) is 36.1 Å². The highest BCUT2D eigenvalue weighted by atomic mass is 33.1. The predicted octanol–water partition coefficient (Wildman–Crippen LogP) is -5.00. The Kier molecular flexibility index (Phi) is 50.9. The zero-order valence-electron chi connectivity index (χ0n) is 64.8.